The summed E-state index contributed by atoms with van der Waals surface area (Å²) in [5.74, 6) is -3.64. The number of rotatable bonds is 12. The minimum atomic E-state index is -2.41. The van der Waals surface area contributed by atoms with Gasteiger partial charge in [-0.3, -0.25) is 19.2 Å². The Morgan fingerprint density at radius 2 is 1.46 bits per heavy atom. The van der Waals surface area contributed by atoms with Gasteiger partial charge in [0.15, 0.2) is 26.7 Å². The van der Waals surface area contributed by atoms with Crippen LogP contribution in [0.15, 0.2) is 83.5 Å². The molecule has 17 nitrogen and oxygen atoms in total. The van der Waals surface area contributed by atoms with E-state index in [0.717, 1.165) is 22.6 Å². The van der Waals surface area contributed by atoms with E-state index in [-0.39, 0.29) is 53.1 Å². The Morgan fingerprint density at radius 3 is 2.10 bits per heavy atom. The fourth-order valence-electron chi connectivity index (χ4n) is 12.7. The van der Waals surface area contributed by atoms with E-state index >= 15 is 0 Å². The van der Waals surface area contributed by atoms with Crippen LogP contribution in [0, 0.1) is 23.7 Å². The van der Waals surface area contributed by atoms with Crippen molar-refractivity contribution in [3.05, 3.63) is 94.6 Å². The lowest BCUT2D eigenvalue weighted by Crippen LogP contribution is -2.60. The summed E-state index contributed by atoms with van der Waals surface area (Å²) < 4.78 is 73.1. The van der Waals surface area contributed by atoms with E-state index in [1.54, 1.807) is 45.4 Å². The molecule has 2 amide bonds. The molecule has 2 bridgehead atoms. The van der Waals surface area contributed by atoms with E-state index in [1.165, 1.54) is 0 Å². The van der Waals surface area contributed by atoms with Crippen molar-refractivity contribution in [2.45, 2.75) is 230 Å². The highest BCUT2D eigenvalue weighted by molar-refractivity contribution is 6.74. The van der Waals surface area contributed by atoms with Crippen molar-refractivity contribution < 1.29 is 76.1 Å². The molecule has 1 N–H and O–H groups in total. The Labute approximate surface area is 474 Å². The van der Waals surface area contributed by atoms with Gasteiger partial charge < -0.3 is 56.9 Å². The molecule has 7 heterocycles. The van der Waals surface area contributed by atoms with Crippen molar-refractivity contribution in [2.24, 2.45) is 23.7 Å². The zero-order chi connectivity index (χ0) is 57.8. The first-order valence-corrected chi connectivity index (χ1v) is 32.0. The number of benzene rings is 1. The van der Waals surface area contributed by atoms with Gasteiger partial charge in [-0.1, -0.05) is 103 Å². The number of carbonyl (C=O) groups excluding carboxylic acids is 3. The minimum absolute atomic E-state index is 0.0912. The number of hydroxylamine groups is 2. The summed E-state index contributed by atoms with van der Waals surface area (Å²) in [5.41, 5.74) is 1.11. The van der Waals surface area contributed by atoms with Gasteiger partial charge in [0.1, 0.15) is 35.9 Å². The average molecular weight is 1130 g/mol. The number of esters is 1. The van der Waals surface area contributed by atoms with Gasteiger partial charge in [0.2, 0.25) is 0 Å². The number of imide groups is 1. The molecule has 1 aromatic rings. The van der Waals surface area contributed by atoms with Crippen molar-refractivity contribution in [1.29, 1.82) is 0 Å². The lowest BCUT2D eigenvalue weighted by atomic mass is 9.71. The van der Waals surface area contributed by atoms with Crippen molar-refractivity contribution in [1.82, 2.24) is 5.06 Å². The summed E-state index contributed by atoms with van der Waals surface area (Å²) in [6.45, 7) is 27.3. The standard InChI is InChI=1S/C62H89NO16Si/c1-16-34(2)52-37(5)26-27-61(77-52)32-43-29-42(76-61)25-24-36(4)51(35(3)20-19-21-41-33-70-56-53(79-80(14,15)60(9,10)11)38(6)28-46(59(66)73-43)62(41,56)67)74-49-30-47(68-12)54(39(7)71-49)75-50-31-48(69-13)55(40(8)72-50)78-63-57(64)44-22-17-18-23-45(44)58(63)65/h17-24,26-28,34-35,37,39-40,42-43,46-56,67H,16,25,29-33H2,1-15H3/t34-,35+,37+,39+,40+,42-,43+,46+,47+,48+,49+,50+,51+,52-,53-,54+,55-,56-,61-,62-/m1/s1. The number of nitrogens with zero attached hydrogens (tertiary/aromatic N) is 1. The second kappa shape index (κ2) is 24.1. The number of amides is 2. The Hall–Kier alpha value is -3.73. The van der Waals surface area contributed by atoms with Crippen LogP contribution in [0.25, 0.3) is 0 Å². The van der Waals surface area contributed by atoms with Gasteiger partial charge in [-0.2, -0.15) is 0 Å². The Bertz CT molecular complexity index is 2560. The van der Waals surface area contributed by atoms with Crippen molar-refractivity contribution in [2.75, 3.05) is 20.8 Å². The molecule has 0 saturated carbocycles. The summed E-state index contributed by atoms with van der Waals surface area (Å²) >= 11 is 0. The predicted molar refractivity (Wildman–Crippen MR) is 299 cm³/mol. The zero-order valence-electron chi connectivity index (χ0n) is 49.7. The number of hydrogen-bond donors (Lipinski definition) is 1. The van der Waals surface area contributed by atoms with Crippen LogP contribution in [-0.4, -0.2) is 154 Å². The molecular formula is C62H89NO16Si. The van der Waals surface area contributed by atoms with E-state index in [2.05, 4.69) is 80.6 Å². The predicted octanol–water partition coefficient (Wildman–Crippen LogP) is 9.64. The number of fused-ring (bicyclic) bond motifs is 3. The van der Waals surface area contributed by atoms with Gasteiger partial charge in [-0.05, 0) is 93.1 Å². The Kier molecular flexibility index (Phi) is 18.3. The van der Waals surface area contributed by atoms with Crippen LogP contribution in [0.2, 0.25) is 18.1 Å². The molecule has 7 aliphatic heterocycles. The fourth-order valence-corrected chi connectivity index (χ4v) is 14.0. The molecule has 20 atom stereocenters. The van der Waals surface area contributed by atoms with Gasteiger partial charge in [0.05, 0.1) is 66.6 Å². The number of aliphatic hydroxyl groups is 1. The second-order valence-electron chi connectivity index (χ2n) is 25.3. The monoisotopic (exact) mass is 1130 g/mol. The molecule has 0 radical (unpaired) electrons. The number of carbonyl (C=O) groups is 3. The van der Waals surface area contributed by atoms with Gasteiger partial charge in [-0.25, -0.2) is 0 Å². The third-order valence-corrected chi connectivity index (χ3v) is 23.1. The molecule has 18 heteroatoms. The Balaban J connectivity index is 0.969. The van der Waals surface area contributed by atoms with Crippen LogP contribution >= 0.6 is 0 Å². The number of methoxy groups -OCH3 is 2. The van der Waals surface area contributed by atoms with E-state index in [1.807, 2.05) is 44.2 Å². The zero-order valence-corrected chi connectivity index (χ0v) is 50.7. The largest absolute Gasteiger partial charge is 0.462 e. The summed E-state index contributed by atoms with van der Waals surface area (Å²) in [4.78, 5) is 47.4. The molecule has 4 saturated heterocycles. The normalized spacial score (nSPS) is 40.2. The van der Waals surface area contributed by atoms with E-state index in [4.69, 9.17) is 56.6 Å². The van der Waals surface area contributed by atoms with Crippen molar-refractivity contribution >= 4 is 26.1 Å². The van der Waals surface area contributed by atoms with E-state index in [0.29, 0.717) is 31.3 Å². The van der Waals surface area contributed by atoms with Gasteiger partial charge in [-0.15, -0.1) is 5.06 Å². The number of hydrogen-bond acceptors (Lipinski definition) is 16. The summed E-state index contributed by atoms with van der Waals surface area (Å²) in [7, 11) is 0.782. The second-order valence-corrected chi connectivity index (χ2v) is 30.1. The SMILES string of the molecule is CC[C@@H](C)[C@H]1O[C@]2(C=C[C@@H]1C)C[C@@H]1C[C@@H](CC=C(C)[C@@H](O[C@H]3C[C@H](OC)[C@@H](O[C@H]4C[C@H](OC)[C@H](ON5C(=O)c6ccccc6C5=O)[C@H](C)O4)[C@H](C)O3)[C@@H](C)C=CC=C3CO[C@@H]4[C@H](O[Si](C)(C)C(C)(C)C)C(C)=C[C@@H](C(=O)O1)[C@]34O)O2. The quantitative estimate of drug-likeness (QED) is 0.0902. The third kappa shape index (κ3) is 12.0. The van der Waals surface area contributed by atoms with Gasteiger partial charge in [0.25, 0.3) is 11.8 Å². The first kappa shape index (κ1) is 60.8. The van der Waals surface area contributed by atoms with Crippen molar-refractivity contribution in [3.63, 3.8) is 0 Å². The van der Waals surface area contributed by atoms with Crippen LogP contribution < -0.4 is 0 Å². The molecule has 442 valence electrons. The first-order valence-electron chi connectivity index (χ1n) is 29.1. The number of ether oxygens (including phenoxy) is 10. The van der Waals surface area contributed by atoms with E-state index in [9.17, 15) is 19.5 Å². The molecule has 1 aliphatic carbocycles. The smallest absolute Gasteiger partial charge is 0.316 e. The van der Waals surface area contributed by atoms with Gasteiger partial charge in [0, 0.05) is 51.7 Å². The minimum Gasteiger partial charge on any atom is -0.462 e. The lowest BCUT2D eigenvalue weighted by Gasteiger charge is -2.49. The summed E-state index contributed by atoms with van der Waals surface area (Å²) in [6.07, 6.45) is 8.55. The summed E-state index contributed by atoms with van der Waals surface area (Å²) in [5, 5.41) is 14.0. The topological polar surface area (TPSA) is 185 Å². The van der Waals surface area contributed by atoms with Crippen LogP contribution in [-0.2, 0) is 61.4 Å². The maximum atomic E-state index is 14.9. The highest BCUT2D eigenvalue weighted by atomic mass is 28.4. The highest BCUT2D eigenvalue weighted by Gasteiger charge is 2.62. The number of allylic oxidation sites excluding steroid dienone is 2. The molecular weight excluding hydrogens is 1040 g/mol. The molecule has 4 fully saturated rings. The molecule has 80 heavy (non-hydrogen) atoms. The maximum Gasteiger partial charge on any atom is 0.316 e. The Morgan fingerprint density at radius 1 is 0.825 bits per heavy atom. The third-order valence-electron chi connectivity index (χ3n) is 18.7. The lowest BCUT2D eigenvalue weighted by molar-refractivity contribution is -0.329. The van der Waals surface area contributed by atoms with Gasteiger partial charge >= 0.3 is 5.97 Å². The van der Waals surface area contributed by atoms with Crippen LogP contribution in [0.3, 0.4) is 0 Å². The van der Waals surface area contributed by atoms with E-state index < -0.39 is 123 Å². The van der Waals surface area contributed by atoms with Crippen molar-refractivity contribution in [3.8, 4) is 0 Å². The fraction of sp³-hybridized carbons (Fsp3) is 0.694. The van der Waals surface area contributed by atoms with Crippen LogP contribution in [0.5, 0.6) is 0 Å². The highest BCUT2D eigenvalue weighted by Crippen LogP contribution is 2.50. The molecule has 0 aromatic heterocycles. The first-order chi connectivity index (χ1) is 37.8. The summed E-state index contributed by atoms with van der Waals surface area (Å²) in [6, 6.07) is 6.61. The average Bonchev–Trinajstić information content (AvgIpc) is 4.02. The maximum absolute atomic E-state index is 14.9. The molecule has 0 unspecified atom stereocenters. The van der Waals surface area contributed by atoms with Crippen LogP contribution in [0.4, 0.5) is 0 Å². The van der Waals surface area contributed by atoms with Crippen LogP contribution in [0.1, 0.15) is 135 Å². The molecule has 8 aliphatic rings. The molecule has 1 spiro atoms. The molecule has 9 rings (SSSR count). The molecule has 1 aromatic carbocycles.